The molecule has 7 nitrogen and oxygen atoms in total. The molecule has 32 heavy (non-hydrogen) atoms. The van der Waals surface area contributed by atoms with Crippen molar-refractivity contribution in [2.24, 2.45) is 0 Å². The maximum atomic E-state index is 13.3. The summed E-state index contributed by atoms with van der Waals surface area (Å²) in [5.74, 6) is -0.918. The van der Waals surface area contributed by atoms with Gasteiger partial charge in [0.1, 0.15) is 12.4 Å². The fourth-order valence-corrected chi connectivity index (χ4v) is 4.80. The van der Waals surface area contributed by atoms with Gasteiger partial charge in [-0.1, -0.05) is 30.7 Å². The van der Waals surface area contributed by atoms with Gasteiger partial charge in [-0.2, -0.15) is 12.7 Å². The minimum Gasteiger partial charge on any atom is -0.350 e. The Morgan fingerprint density at radius 1 is 1.00 bits per heavy atom. The van der Waals surface area contributed by atoms with Crippen molar-refractivity contribution in [1.29, 1.82) is 0 Å². The first-order valence-corrected chi connectivity index (χ1v) is 12.2. The second-order valence-electron chi connectivity index (χ2n) is 8.16. The number of benzene rings is 2. The molecule has 1 amide bonds. The molecular weight excluding hydrogens is 431 g/mol. The molecule has 0 bridgehead atoms. The van der Waals surface area contributed by atoms with Crippen molar-refractivity contribution in [3.05, 3.63) is 65.5 Å². The smallest absolute Gasteiger partial charge is 0.304 e. The van der Waals surface area contributed by atoms with E-state index in [1.165, 1.54) is 57.6 Å². The Morgan fingerprint density at radius 2 is 1.62 bits per heavy atom. The largest absolute Gasteiger partial charge is 0.350 e. The standard InChI is InChI=1S/C23H31FN4O3S/c1-26(2)32(30,31)28(22-12-10-21(24)11-13-22)18-23(29)25-16-19-8-4-5-9-20(19)17-27-14-6-3-7-15-27/h4-5,8-13H,3,6-7,14-18H2,1-2H3,(H,25,29). The first-order valence-electron chi connectivity index (χ1n) is 10.8. The Kier molecular flexibility index (Phi) is 8.22. The zero-order valence-electron chi connectivity index (χ0n) is 18.6. The number of carbonyl (C=O) groups excluding carboxylic acids is 1. The van der Waals surface area contributed by atoms with Crippen LogP contribution in [-0.4, -0.2) is 57.3 Å². The second-order valence-corrected chi connectivity index (χ2v) is 10.2. The molecule has 1 N–H and O–H groups in total. The van der Waals surface area contributed by atoms with Crippen LogP contribution in [0.25, 0.3) is 0 Å². The van der Waals surface area contributed by atoms with Gasteiger partial charge in [-0.05, 0) is 61.3 Å². The van der Waals surface area contributed by atoms with Crippen molar-refractivity contribution in [2.75, 3.05) is 38.0 Å². The molecule has 2 aromatic rings. The van der Waals surface area contributed by atoms with E-state index in [2.05, 4.69) is 16.3 Å². The Labute approximate surface area is 190 Å². The minimum atomic E-state index is -3.93. The van der Waals surface area contributed by atoms with Gasteiger partial charge in [-0.3, -0.25) is 9.69 Å². The number of halogens is 1. The van der Waals surface area contributed by atoms with Crippen LogP contribution in [-0.2, 0) is 28.1 Å². The van der Waals surface area contributed by atoms with E-state index in [-0.39, 0.29) is 5.69 Å². The van der Waals surface area contributed by atoms with Gasteiger partial charge in [0.2, 0.25) is 5.91 Å². The number of piperidine rings is 1. The van der Waals surface area contributed by atoms with Crippen LogP contribution in [0.4, 0.5) is 10.1 Å². The Balaban J connectivity index is 1.69. The van der Waals surface area contributed by atoms with Crippen LogP contribution >= 0.6 is 0 Å². The van der Waals surface area contributed by atoms with E-state index < -0.39 is 28.5 Å². The van der Waals surface area contributed by atoms with Crippen LogP contribution in [0.2, 0.25) is 0 Å². The average molecular weight is 463 g/mol. The third-order valence-electron chi connectivity index (χ3n) is 5.58. The number of rotatable bonds is 9. The summed E-state index contributed by atoms with van der Waals surface area (Å²) in [6, 6.07) is 13.0. The highest BCUT2D eigenvalue weighted by atomic mass is 32.2. The zero-order valence-corrected chi connectivity index (χ0v) is 19.4. The van der Waals surface area contributed by atoms with Crippen molar-refractivity contribution in [3.63, 3.8) is 0 Å². The number of nitrogens with zero attached hydrogens (tertiary/aromatic N) is 3. The van der Waals surface area contributed by atoms with Gasteiger partial charge in [-0.15, -0.1) is 0 Å². The van der Waals surface area contributed by atoms with Gasteiger partial charge in [0.05, 0.1) is 5.69 Å². The summed E-state index contributed by atoms with van der Waals surface area (Å²) in [6.45, 7) is 2.90. The normalized spacial score (nSPS) is 15.0. The van der Waals surface area contributed by atoms with E-state index in [9.17, 15) is 17.6 Å². The number of carbonyl (C=O) groups is 1. The quantitative estimate of drug-likeness (QED) is 0.622. The molecule has 1 saturated heterocycles. The molecule has 0 radical (unpaired) electrons. The molecule has 1 aliphatic heterocycles. The summed E-state index contributed by atoms with van der Waals surface area (Å²) < 4.78 is 40.9. The van der Waals surface area contributed by atoms with Gasteiger partial charge >= 0.3 is 10.2 Å². The lowest BCUT2D eigenvalue weighted by atomic mass is 10.0. The molecule has 0 unspecified atom stereocenters. The highest BCUT2D eigenvalue weighted by molar-refractivity contribution is 7.90. The fraction of sp³-hybridized carbons (Fsp3) is 0.435. The predicted molar refractivity (Wildman–Crippen MR) is 124 cm³/mol. The maximum absolute atomic E-state index is 13.3. The number of likely N-dealkylation sites (tertiary alicyclic amines) is 1. The van der Waals surface area contributed by atoms with E-state index in [0.29, 0.717) is 6.54 Å². The molecule has 3 rings (SSSR count). The molecular formula is C23H31FN4O3S. The van der Waals surface area contributed by atoms with Gasteiger partial charge < -0.3 is 5.32 Å². The van der Waals surface area contributed by atoms with E-state index in [0.717, 1.165) is 39.4 Å². The van der Waals surface area contributed by atoms with Gasteiger partial charge in [0.15, 0.2) is 0 Å². The molecule has 0 spiro atoms. The lowest BCUT2D eigenvalue weighted by Gasteiger charge is -2.28. The molecule has 2 aromatic carbocycles. The fourth-order valence-electron chi connectivity index (χ4n) is 3.73. The molecule has 9 heteroatoms. The molecule has 174 valence electrons. The van der Waals surface area contributed by atoms with Crippen LogP contribution in [0.1, 0.15) is 30.4 Å². The minimum absolute atomic E-state index is 0.223. The van der Waals surface area contributed by atoms with Gasteiger partial charge in [0, 0.05) is 27.2 Å². The maximum Gasteiger partial charge on any atom is 0.304 e. The number of anilines is 1. The van der Waals surface area contributed by atoms with E-state index in [1.54, 1.807) is 0 Å². The van der Waals surface area contributed by atoms with Crippen LogP contribution in [0.3, 0.4) is 0 Å². The van der Waals surface area contributed by atoms with Crippen molar-refractivity contribution in [3.8, 4) is 0 Å². The first kappa shape index (κ1) is 24.2. The van der Waals surface area contributed by atoms with Crippen molar-refractivity contribution < 1.29 is 17.6 Å². The van der Waals surface area contributed by atoms with Crippen LogP contribution in [0.5, 0.6) is 0 Å². The zero-order chi connectivity index (χ0) is 23.1. The summed E-state index contributed by atoms with van der Waals surface area (Å²) in [6.07, 6.45) is 3.69. The summed E-state index contributed by atoms with van der Waals surface area (Å²) in [5.41, 5.74) is 2.39. The van der Waals surface area contributed by atoms with E-state index in [4.69, 9.17) is 0 Å². The number of nitrogens with one attached hydrogen (secondary N) is 1. The van der Waals surface area contributed by atoms with Crippen molar-refractivity contribution in [1.82, 2.24) is 14.5 Å². The van der Waals surface area contributed by atoms with E-state index >= 15 is 0 Å². The SMILES string of the molecule is CN(C)S(=O)(=O)N(CC(=O)NCc1ccccc1CN1CCCCC1)c1ccc(F)cc1. The highest BCUT2D eigenvalue weighted by Crippen LogP contribution is 2.20. The molecule has 0 aliphatic carbocycles. The molecule has 1 fully saturated rings. The van der Waals surface area contributed by atoms with Crippen molar-refractivity contribution >= 4 is 21.8 Å². The summed E-state index contributed by atoms with van der Waals surface area (Å²) in [7, 11) is -1.15. The van der Waals surface area contributed by atoms with Crippen molar-refractivity contribution in [2.45, 2.75) is 32.4 Å². The Morgan fingerprint density at radius 3 is 2.25 bits per heavy atom. The Hall–Kier alpha value is -2.49. The predicted octanol–water partition coefficient (Wildman–Crippen LogP) is 2.74. The Bertz CT molecular complexity index is 1010. The first-order chi connectivity index (χ1) is 15.3. The average Bonchev–Trinajstić information content (AvgIpc) is 2.78. The third kappa shape index (κ3) is 6.27. The number of hydrogen-bond donors (Lipinski definition) is 1. The topological polar surface area (TPSA) is 73.0 Å². The van der Waals surface area contributed by atoms with Gasteiger partial charge in [0.25, 0.3) is 0 Å². The third-order valence-corrected chi connectivity index (χ3v) is 7.40. The van der Waals surface area contributed by atoms with Crippen LogP contribution < -0.4 is 9.62 Å². The van der Waals surface area contributed by atoms with Crippen LogP contribution in [0, 0.1) is 5.82 Å². The molecule has 0 aromatic heterocycles. The lowest BCUT2D eigenvalue weighted by Crippen LogP contribution is -2.45. The summed E-state index contributed by atoms with van der Waals surface area (Å²) in [5, 5.41) is 2.84. The number of hydrogen-bond acceptors (Lipinski definition) is 4. The molecule has 0 atom stereocenters. The highest BCUT2D eigenvalue weighted by Gasteiger charge is 2.27. The van der Waals surface area contributed by atoms with E-state index in [1.807, 2.05) is 18.2 Å². The van der Waals surface area contributed by atoms with Crippen LogP contribution in [0.15, 0.2) is 48.5 Å². The summed E-state index contributed by atoms with van der Waals surface area (Å²) in [4.78, 5) is 15.1. The monoisotopic (exact) mass is 462 g/mol. The lowest BCUT2D eigenvalue weighted by molar-refractivity contribution is -0.119. The van der Waals surface area contributed by atoms with Gasteiger partial charge in [-0.25, -0.2) is 8.70 Å². The summed E-state index contributed by atoms with van der Waals surface area (Å²) >= 11 is 0. The molecule has 1 aliphatic rings. The number of amides is 1. The molecule has 0 saturated carbocycles. The molecule has 1 heterocycles. The second kappa shape index (κ2) is 10.9.